The Morgan fingerprint density at radius 2 is 1.69 bits per heavy atom. The predicted molar refractivity (Wildman–Crippen MR) is 161 cm³/mol. The third-order valence-corrected chi connectivity index (χ3v) is 7.55. The first-order valence-electron chi connectivity index (χ1n) is 14.3. The second kappa shape index (κ2) is 12.9. The van der Waals surface area contributed by atoms with E-state index in [1.807, 2.05) is 45.2 Å². The number of hydrogen-bond acceptors (Lipinski definition) is 5. The largest absolute Gasteiger partial charge is 0.336 e. The lowest BCUT2D eigenvalue weighted by molar-refractivity contribution is 0.0627. The van der Waals surface area contributed by atoms with Crippen LogP contribution in [0.1, 0.15) is 70.4 Å². The molecule has 2 heterocycles. The van der Waals surface area contributed by atoms with Gasteiger partial charge in [-0.3, -0.25) is 19.2 Å². The van der Waals surface area contributed by atoms with Crippen molar-refractivity contribution >= 4 is 23.4 Å². The summed E-state index contributed by atoms with van der Waals surface area (Å²) in [6.07, 6.45) is 0.494. The normalized spacial score (nSPS) is 14.1. The number of nitrogens with one attached hydrogen (secondary N) is 2. The number of rotatable bonds is 8. The maximum Gasteiger partial charge on any atom is 0.319 e. The molecule has 0 saturated carbocycles. The van der Waals surface area contributed by atoms with E-state index in [1.54, 1.807) is 9.58 Å². The Bertz CT molecular complexity index is 1470. The molecule has 10 heteroatoms. The van der Waals surface area contributed by atoms with Gasteiger partial charge in [-0.2, -0.15) is 5.10 Å². The highest BCUT2D eigenvalue weighted by molar-refractivity contribution is 5.97. The Labute approximate surface area is 247 Å². The van der Waals surface area contributed by atoms with E-state index in [9.17, 15) is 18.8 Å². The number of benzene rings is 2. The summed E-state index contributed by atoms with van der Waals surface area (Å²) in [6.45, 7) is 13.3. The van der Waals surface area contributed by atoms with E-state index in [2.05, 4.69) is 41.4 Å². The first-order valence-corrected chi connectivity index (χ1v) is 14.3. The van der Waals surface area contributed by atoms with Crippen LogP contribution in [-0.2, 0) is 20.1 Å². The van der Waals surface area contributed by atoms with Crippen molar-refractivity contribution in [1.29, 1.82) is 0 Å². The minimum absolute atomic E-state index is 0.00304. The molecule has 3 amide bonds. The average Bonchev–Trinajstić information content (AvgIpc) is 3.17. The molecular weight excluding hydrogens is 535 g/mol. The number of Topliss-reactive ketones (excluding diaryl/α,β-unsaturated/α-hetero) is 1. The zero-order valence-corrected chi connectivity index (χ0v) is 25.4. The van der Waals surface area contributed by atoms with Crippen LogP contribution < -0.4 is 10.6 Å². The summed E-state index contributed by atoms with van der Waals surface area (Å²) in [5.41, 5.74) is 4.64. The van der Waals surface area contributed by atoms with Gasteiger partial charge < -0.3 is 15.5 Å². The highest BCUT2D eigenvalue weighted by Crippen LogP contribution is 2.23. The highest BCUT2D eigenvalue weighted by Gasteiger charge is 2.24. The minimum atomic E-state index is -0.677. The van der Waals surface area contributed by atoms with Gasteiger partial charge in [0.15, 0.2) is 5.78 Å². The van der Waals surface area contributed by atoms with E-state index < -0.39 is 11.8 Å². The van der Waals surface area contributed by atoms with Gasteiger partial charge in [0.05, 0.1) is 11.4 Å². The van der Waals surface area contributed by atoms with Crippen LogP contribution in [-0.4, -0.2) is 63.5 Å². The van der Waals surface area contributed by atoms with Gasteiger partial charge in [0.2, 0.25) is 0 Å². The molecule has 0 unspecified atom stereocenters. The van der Waals surface area contributed by atoms with Crippen LogP contribution in [0.3, 0.4) is 0 Å². The van der Waals surface area contributed by atoms with Crippen LogP contribution in [0.4, 0.5) is 14.9 Å². The molecule has 1 saturated heterocycles. The Morgan fingerprint density at radius 1 is 0.976 bits per heavy atom. The molecule has 224 valence electrons. The first kappa shape index (κ1) is 30.9. The molecule has 0 spiro atoms. The molecule has 1 fully saturated rings. The molecule has 42 heavy (non-hydrogen) atoms. The van der Waals surface area contributed by atoms with Crippen molar-refractivity contribution in [2.24, 2.45) is 12.5 Å². The zero-order chi connectivity index (χ0) is 30.6. The summed E-state index contributed by atoms with van der Waals surface area (Å²) < 4.78 is 16.6. The number of ketones is 1. The fourth-order valence-corrected chi connectivity index (χ4v) is 5.13. The molecule has 0 aliphatic carbocycles. The van der Waals surface area contributed by atoms with E-state index in [0.717, 1.165) is 28.1 Å². The van der Waals surface area contributed by atoms with Crippen molar-refractivity contribution in [1.82, 2.24) is 24.9 Å². The third-order valence-electron chi connectivity index (χ3n) is 7.55. The second-order valence-corrected chi connectivity index (χ2v) is 12.2. The molecule has 2 aromatic carbocycles. The van der Waals surface area contributed by atoms with Crippen molar-refractivity contribution in [2.45, 2.75) is 54.1 Å². The Balaban J connectivity index is 1.28. The highest BCUT2D eigenvalue weighted by atomic mass is 19.1. The van der Waals surface area contributed by atoms with Crippen molar-refractivity contribution in [2.75, 3.05) is 31.5 Å². The van der Waals surface area contributed by atoms with Gasteiger partial charge in [-0.25, -0.2) is 9.18 Å². The number of hydrogen-bond donors (Lipinski definition) is 2. The number of piperazine rings is 1. The molecule has 1 aliphatic heterocycles. The van der Waals surface area contributed by atoms with Crippen LogP contribution >= 0.6 is 0 Å². The van der Waals surface area contributed by atoms with Crippen molar-refractivity contribution in [3.05, 3.63) is 81.9 Å². The fraction of sp³-hybridized carbons (Fsp3) is 0.438. The van der Waals surface area contributed by atoms with Gasteiger partial charge in [0.1, 0.15) is 5.82 Å². The SMILES string of the molecule is Cc1nn(C)c(C)c1CNC(=O)Nc1ccc(C(=O)N2CCN(Cc3cccc(C(=O)CC(C)(C)C)c3)CC2)cc1F. The molecule has 0 atom stereocenters. The van der Waals surface area contributed by atoms with E-state index in [1.165, 1.54) is 18.2 Å². The summed E-state index contributed by atoms with van der Waals surface area (Å²) in [5.74, 6) is -0.783. The van der Waals surface area contributed by atoms with Gasteiger partial charge in [0.25, 0.3) is 5.91 Å². The van der Waals surface area contributed by atoms with Crippen LogP contribution in [0.15, 0.2) is 42.5 Å². The molecule has 0 radical (unpaired) electrons. The Morgan fingerprint density at radius 3 is 2.31 bits per heavy atom. The van der Waals surface area contributed by atoms with E-state index in [0.29, 0.717) is 39.1 Å². The molecule has 0 bridgehead atoms. The number of amides is 3. The Hall–Kier alpha value is -4.05. The molecular formula is C32H41FN6O3. The summed E-state index contributed by atoms with van der Waals surface area (Å²) in [4.78, 5) is 42.1. The van der Waals surface area contributed by atoms with Crippen LogP contribution in [0, 0.1) is 25.1 Å². The number of carbonyl (C=O) groups is 3. The number of nitrogens with zero attached hydrogens (tertiary/aromatic N) is 4. The predicted octanol–water partition coefficient (Wildman–Crippen LogP) is 5.07. The lowest BCUT2D eigenvalue weighted by Gasteiger charge is -2.35. The fourth-order valence-electron chi connectivity index (χ4n) is 5.13. The van der Waals surface area contributed by atoms with E-state index in [-0.39, 0.29) is 34.9 Å². The zero-order valence-electron chi connectivity index (χ0n) is 25.4. The van der Waals surface area contributed by atoms with E-state index >= 15 is 0 Å². The maximum absolute atomic E-state index is 14.9. The smallest absolute Gasteiger partial charge is 0.319 e. The lowest BCUT2D eigenvalue weighted by Crippen LogP contribution is -2.48. The average molecular weight is 577 g/mol. The monoisotopic (exact) mass is 576 g/mol. The van der Waals surface area contributed by atoms with Crippen molar-refractivity contribution in [3.63, 3.8) is 0 Å². The number of aromatic nitrogens is 2. The lowest BCUT2D eigenvalue weighted by atomic mass is 9.87. The first-order chi connectivity index (χ1) is 19.8. The van der Waals surface area contributed by atoms with Gasteiger partial charge in [-0.15, -0.1) is 0 Å². The van der Waals surface area contributed by atoms with E-state index in [4.69, 9.17) is 0 Å². The third kappa shape index (κ3) is 7.82. The summed E-state index contributed by atoms with van der Waals surface area (Å²) in [5, 5.41) is 9.58. The summed E-state index contributed by atoms with van der Waals surface area (Å²) in [7, 11) is 1.84. The molecule has 3 aromatic rings. The minimum Gasteiger partial charge on any atom is -0.336 e. The number of anilines is 1. The van der Waals surface area contributed by atoms with Crippen molar-refractivity contribution < 1.29 is 18.8 Å². The second-order valence-electron chi connectivity index (χ2n) is 12.2. The van der Waals surface area contributed by atoms with Gasteiger partial charge in [0, 0.05) is 75.1 Å². The topological polar surface area (TPSA) is 99.6 Å². The van der Waals surface area contributed by atoms with Gasteiger partial charge >= 0.3 is 6.03 Å². The van der Waals surface area contributed by atoms with Crippen LogP contribution in [0.25, 0.3) is 0 Å². The number of urea groups is 1. The molecule has 2 N–H and O–H groups in total. The maximum atomic E-state index is 14.9. The standard InChI is InChI=1S/C32H41FN6O3/c1-21-26(22(2)37(6)36-21)19-34-31(42)35-28-11-10-25(17-27(28)33)30(41)39-14-12-38(13-15-39)20-23-8-7-9-24(16-23)29(40)18-32(3,4)5/h7-11,16-17H,12-15,18-20H2,1-6H3,(H2,34,35,42). The Kier molecular flexibility index (Phi) is 9.46. The summed E-state index contributed by atoms with van der Waals surface area (Å²) in [6, 6.07) is 11.3. The summed E-state index contributed by atoms with van der Waals surface area (Å²) >= 11 is 0. The molecule has 1 aliphatic rings. The number of aryl methyl sites for hydroxylation is 2. The van der Waals surface area contributed by atoms with Crippen LogP contribution in [0.5, 0.6) is 0 Å². The quantitative estimate of drug-likeness (QED) is 0.365. The van der Waals surface area contributed by atoms with Gasteiger partial charge in [-0.05, 0) is 49.1 Å². The molecule has 4 rings (SSSR count). The molecule has 9 nitrogen and oxygen atoms in total. The molecule has 1 aromatic heterocycles. The van der Waals surface area contributed by atoms with Crippen molar-refractivity contribution in [3.8, 4) is 0 Å². The van der Waals surface area contributed by atoms with Gasteiger partial charge in [-0.1, -0.05) is 39.0 Å². The number of halogens is 1. The van der Waals surface area contributed by atoms with Crippen LogP contribution in [0.2, 0.25) is 0 Å². The number of carbonyl (C=O) groups excluding carboxylic acids is 3.